The van der Waals surface area contributed by atoms with Crippen LogP contribution in [0.3, 0.4) is 0 Å². The van der Waals surface area contributed by atoms with Crippen LogP contribution in [0.1, 0.15) is 39.2 Å². The SMILES string of the molecule is CC(C)c1ccc(-n2ccnc2SC(C)(C)C(=O)NCC=O)c2ccccc12. The Bertz CT molecular complexity index is 1010. The molecule has 0 aliphatic heterocycles. The summed E-state index contributed by atoms with van der Waals surface area (Å²) in [5.41, 5.74) is 2.34. The molecule has 0 fully saturated rings. The first-order valence-electron chi connectivity index (χ1n) is 9.31. The molecule has 0 unspecified atom stereocenters. The van der Waals surface area contributed by atoms with Gasteiger partial charge in [-0.15, -0.1) is 0 Å². The predicted molar refractivity (Wildman–Crippen MR) is 114 cm³/mol. The van der Waals surface area contributed by atoms with Gasteiger partial charge < -0.3 is 10.1 Å². The maximum Gasteiger partial charge on any atom is 0.236 e. The molecular formula is C22H25N3O2S. The molecule has 0 aliphatic rings. The van der Waals surface area contributed by atoms with E-state index in [1.54, 1.807) is 6.20 Å². The molecule has 28 heavy (non-hydrogen) atoms. The number of hydrogen-bond acceptors (Lipinski definition) is 4. The van der Waals surface area contributed by atoms with Crippen LogP contribution in [0.2, 0.25) is 0 Å². The van der Waals surface area contributed by atoms with E-state index in [1.165, 1.54) is 22.7 Å². The van der Waals surface area contributed by atoms with Crippen molar-refractivity contribution in [2.45, 2.75) is 43.5 Å². The van der Waals surface area contributed by atoms with E-state index in [9.17, 15) is 9.59 Å². The van der Waals surface area contributed by atoms with Gasteiger partial charge in [0.15, 0.2) is 5.16 Å². The van der Waals surface area contributed by atoms with Gasteiger partial charge in [0.1, 0.15) is 6.29 Å². The van der Waals surface area contributed by atoms with Gasteiger partial charge in [0, 0.05) is 17.8 Å². The number of rotatable bonds is 7. The summed E-state index contributed by atoms with van der Waals surface area (Å²) in [6, 6.07) is 12.6. The van der Waals surface area contributed by atoms with Crippen molar-refractivity contribution in [1.29, 1.82) is 0 Å². The topological polar surface area (TPSA) is 64.0 Å². The summed E-state index contributed by atoms with van der Waals surface area (Å²) in [7, 11) is 0. The van der Waals surface area contributed by atoms with Gasteiger partial charge in [-0.2, -0.15) is 0 Å². The van der Waals surface area contributed by atoms with Gasteiger partial charge in [-0.05, 0) is 36.8 Å². The quantitative estimate of drug-likeness (QED) is 0.478. The molecule has 1 aromatic heterocycles. The zero-order valence-corrected chi connectivity index (χ0v) is 17.4. The average Bonchev–Trinajstić information content (AvgIpc) is 3.12. The highest BCUT2D eigenvalue weighted by Crippen LogP contribution is 2.36. The minimum Gasteiger partial charge on any atom is -0.348 e. The van der Waals surface area contributed by atoms with Gasteiger partial charge in [0.05, 0.1) is 17.0 Å². The molecule has 0 atom stereocenters. The molecule has 0 bridgehead atoms. The summed E-state index contributed by atoms with van der Waals surface area (Å²) in [5.74, 6) is 0.232. The lowest BCUT2D eigenvalue weighted by atomic mass is 9.95. The lowest BCUT2D eigenvalue weighted by molar-refractivity contribution is -0.123. The molecule has 0 saturated heterocycles. The van der Waals surface area contributed by atoms with Gasteiger partial charge in [-0.1, -0.05) is 55.9 Å². The zero-order chi connectivity index (χ0) is 20.3. The van der Waals surface area contributed by atoms with Crippen molar-refractivity contribution in [3.05, 3.63) is 54.4 Å². The van der Waals surface area contributed by atoms with E-state index in [-0.39, 0.29) is 12.5 Å². The Labute approximate surface area is 169 Å². The van der Waals surface area contributed by atoms with Crippen molar-refractivity contribution in [3.8, 4) is 5.69 Å². The third-order valence-corrected chi connectivity index (χ3v) is 5.84. The molecule has 1 heterocycles. The standard InChI is InChI=1S/C22H25N3O2S/c1-15(2)16-9-10-19(18-8-6-5-7-17(16)18)25-13-11-24-21(25)28-22(3,4)20(27)23-12-14-26/h5-11,13-15H,12H2,1-4H3,(H,23,27). The molecule has 3 rings (SSSR count). The van der Waals surface area contributed by atoms with Crippen molar-refractivity contribution in [1.82, 2.24) is 14.9 Å². The number of fused-ring (bicyclic) bond motifs is 1. The number of aldehydes is 1. The first-order valence-corrected chi connectivity index (χ1v) is 10.1. The Hall–Kier alpha value is -2.60. The highest BCUT2D eigenvalue weighted by atomic mass is 32.2. The summed E-state index contributed by atoms with van der Waals surface area (Å²) in [5, 5.41) is 5.73. The molecule has 1 N–H and O–H groups in total. The largest absolute Gasteiger partial charge is 0.348 e. The van der Waals surface area contributed by atoms with Crippen LogP contribution in [-0.4, -0.2) is 33.0 Å². The second-order valence-corrected chi connectivity index (χ2v) is 9.03. The monoisotopic (exact) mass is 395 g/mol. The molecule has 2 aromatic carbocycles. The predicted octanol–water partition coefficient (Wildman–Crippen LogP) is 4.33. The zero-order valence-electron chi connectivity index (χ0n) is 16.6. The second kappa shape index (κ2) is 8.19. The van der Waals surface area contributed by atoms with Crippen molar-refractivity contribution in [2.75, 3.05) is 6.54 Å². The minimum atomic E-state index is -0.764. The summed E-state index contributed by atoms with van der Waals surface area (Å²) >= 11 is 1.38. The summed E-state index contributed by atoms with van der Waals surface area (Å²) in [4.78, 5) is 27.4. The van der Waals surface area contributed by atoms with Crippen molar-refractivity contribution >= 4 is 34.7 Å². The number of thioether (sulfide) groups is 1. The number of aromatic nitrogens is 2. The number of amides is 1. The van der Waals surface area contributed by atoms with Crippen LogP contribution in [0, 0.1) is 0 Å². The Balaban J connectivity index is 2.02. The van der Waals surface area contributed by atoms with E-state index in [0.717, 1.165) is 16.2 Å². The molecule has 0 spiro atoms. The highest BCUT2D eigenvalue weighted by molar-refractivity contribution is 8.01. The van der Waals surface area contributed by atoms with E-state index in [4.69, 9.17) is 0 Å². The lowest BCUT2D eigenvalue weighted by Crippen LogP contribution is -2.40. The first-order chi connectivity index (χ1) is 13.3. The smallest absolute Gasteiger partial charge is 0.236 e. The molecule has 146 valence electrons. The number of nitrogens with zero attached hydrogens (tertiary/aromatic N) is 2. The van der Waals surface area contributed by atoms with Gasteiger partial charge in [-0.3, -0.25) is 9.36 Å². The molecule has 0 aliphatic carbocycles. The van der Waals surface area contributed by atoms with Crippen LogP contribution in [0.15, 0.2) is 53.9 Å². The molecular weight excluding hydrogens is 370 g/mol. The Morgan fingerprint density at radius 1 is 1.21 bits per heavy atom. The number of carbonyl (C=O) groups is 2. The Kier molecular flexibility index (Phi) is 5.89. The fraction of sp³-hybridized carbons (Fsp3) is 0.318. The van der Waals surface area contributed by atoms with Crippen LogP contribution in [0.4, 0.5) is 0 Å². The average molecular weight is 396 g/mol. The number of benzene rings is 2. The highest BCUT2D eigenvalue weighted by Gasteiger charge is 2.31. The number of nitrogens with one attached hydrogen (secondary N) is 1. The molecule has 0 saturated carbocycles. The normalized spacial score (nSPS) is 11.8. The summed E-state index contributed by atoms with van der Waals surface area (Å²) < 4.78 is 1.26. The van der Waals surface area contributed by atoms with Gasteiger partial charge in [0.2, 0.25) is 5.91 Å². The van der Waals surface area contributed by atoms with E-state index < -0.39 is 4.75 Å². The number of hydrogen-bond donors (Lipinski definition) is 1. The lowest BCUT2D eigenvalue weighted by Gasteiger charge is -2.23. The molecule has 0 radical (unpaired) electrons. The van der Waals surface area contributed by atoms with E-state index >= 15 is 0 Å². The van der Waals surface area contributed by atoms with Crippen molar-refractivity contribution in [2.24, 2.45) is 0 Å². The fourth-order valence-electron chi connectivity index (χ4n) is 3.19. The molecule has 3 aromatic rings. The van der Waals surface area contributed by atoms with Gasteiger partial charge in [0.25, 0.3) is 0 Å². The summed E-state index contributed by atoms with van der Waals surface area (Å²) in [6.07, 6.45) is 4.34. The van der Waals surface area contributed by atoms with Gasteiger partial charge >= 0.3 is 0 Å². The number of carbonyl (C=O) groups excluding carboxylic acids is 2. The molecule has 1 amide bonds. The molecule has 5 nitrogen and oxygen atoms in total. The first kappa shape index (κ1) is 20.1. The van der Waals surface area contributed by atoms with E-state index in [2.05, 4.69) is 54.5 Å². The van der Waals surface area contributed by atoms with Crippen LogP contribution >= 0.6 is 11.8 Å². The molecule has 6 heteroatoms. The maximum atomic E-state index is 12.4. The minimum absolute atomic E-state index is 0.0125. The van der Waals surface area contributed by atoms with E-state index in [1.807, 2.05) is 30.7 Å². The Morgan fingerprint density at radius 3 is 2.61 bits per heavy atom. The van der Waals surface area contributed by atoms with Crippen LogP contribution in [-0.2, 0) is 9.59 Å². The summed E-state index contributed by atoms with van der Waals surface area (Å²) in [6.45, 7) is 8.06. The van der Waals surface area contributed by atoms with Crippen LogP contribution in [0.5, 0.6) is 0 Å². The number of imidazole rings is 1. The van der Waals surface area contributed by atoms with Gasteiger partial charge in [-0.25, -0.2) is 4.98 Å². The van der Waals surface area contributed by atoms with E-state index in [0.29, 0.717) is 12.2 Å². The van der Waals surface area contributed by atoms with Crippen molar-refractivity contribution < 1.29 is 9.59 Å². The Morgan fingerprint density at radius 2 is 1.93 bits per heavy atom. The van der Waals surface area contributed by atoms with Crippen LogP contribution in [0.25, 0.3) is 16.5 Å². The van der Waals surface area contributed by atoms with Crippen LogP contribution < -0.4 is 5.32 Å². The third kappa shape index (κ3) is 3.97. The fourth-order valence-corrected chi connectivity index (χ4v) is 4.18. The van der Waals surface area contributed by atoms with Crippen molar-refractivity contribution in [3.63, 3.8) is 0 Å². The second-order valence-electron chi connectivity index (χ2n) is 7.44. The third-order valence-electron chi connectivity index (χ3n) is 4.66. The maximum absolute atomic E-state index is 12.4.